The predicted octanol–water partition coefficient (Wildman–Crippen LogP) is 2.02. The molecule has 1 aromatic carbocycles. The maximum absolute atomic E-state index is 11.7. The minimum absolute atomic E-state index is 0.0377. The first-order valence-electron chi connectivity index (χ1n) is 6.76. The summed E-state index contributed by atoms with van der Waals surface area (Å²) < 4.78 is 4.85. The standard InChI is InChI=1S/C15H20N2O2S/c1-10-8-12(5-6-13(10)14(16)20)17-7-3-4-11(9-17)15(18)19-2/h5-6,8,11H,3-4,7,9H2,1-2H3,(H2,16,20). The van der Waals surface area contributed by atoms with Gasteiger partial charge in [0.25, 0.3) is 0 Å². The molecule has 1 saturated heterocycles. The van der Waals surface area contributed by atoms with Crippen molar-refractivity contribution < 1.29 is 9.53 Å². The average Bonchev–Trinajstić information content (AvgIpc) is 2.46. The van der Waals surface area contributed by atoms with Crippen LogP contribution in [0.5, 0.6) is 0 Å². The van der Waals surface area contributed by atoms with Gasteiger partial charge in [0.2, 0.25) is 0 Å². The first-order chi connectivity index (χ1) is 9.52. The molecule has 0 bridgehead atoms. The highest BCUT2D eigenvalue weighted by molar-refractivity contribution is 7.80. The molecular formula is C15H20N2O2S. The molecule has 1 heterocycles. The van der Waals surface area contributed by atoms with Gasteiger partial charge < -0.3 is 15.4 Å². The fourth-order valence-corrected chi connectivity index (χ4v) is 2.92. The smallest absolute Gasteiger partial charge is 0.310 e. The van der Waals surface area contributed by atoms with Gasteiger partial charge in [0.1, 0.15) is 4.99 Å². The monoisotopic (exact) mass is 292 g/mol. The van der Waals surface area contributed by atoms with Crippen LogP contribution in [0.15, 0.2) is 18.2 Å². The van der Waals surface area contributed by atoms with Crippen molar-refractivity contribution >= 4 is 28.9 Å². The molecule has 4 nitrogen and oxygen atoms in total. The minimum atomic E-state index is -0.119. The number of nitrogens with two attached hydrogens (primary N) is 1. The van der Waals surface area contributed by atoms with Gasteiger partial charge in [0, 0.05) is 24.3 Å². The maximum Gasteiger partial charge on any atom is 0.310 e. The molecule has 1 atom stereocenters. The zero-order valence-electron chi connectivity index (χ0n) is 11.9. The number of piperidine rings is 1. The lowest BCUT2D eigenvalue weighted by Gasteiger charge is -2.33. The van der Waals surface area contributed by atoms with Crippen LogP contribution in [0.4, 0.5) is 5.69 Å². The van der Waals surface area contributed by atoms with Crippen LogP contribution in [-0.4, -0.2) is 31.2 Å². The van der Waals surface area contributed by atoms with Gasteiger partial charge >= 0.3 is 5.97 Å². The average molecular weight is 292 g/mol. The van der Waals surface area contributed by atoms with Gasteiger partial charge in [-0.3, -0.25) is 4.79 Å². The van der Waals surface area contributed by atoms with Crippen molar-refractivity contribution in [1.29, 1.82) is 0 Å². The van der Waals surface area contributed by atoms with Gasteiger partial charge in [-0.05, 0) is 43.5 Å². The minimum Gasteiger partial charge on any atom is -0.469 e. The number of nitrogens with zero attached hydrogens (tertiary/aromatic N) is 1. The number of benzene rings is 1. The van der Waals surface area contributed by atoms with E-state index in [1.54, 1.807) is 0 Å². The van der Waals surface area contributed by atoms with Crippen LogP contribution in [0.2, 0.25) is 0 Å². The SMILES string of the molecule is COC(=O)C1CCCN(c2ccc(C(N)=S)c(C)c2)C1. The van der Waals surface area contributed by atoms with Crippen molar-refractivity contribution in [2.75, 3.05) is 25.1 Å². The fourth-order valence-electron chi connectivity index (χ4n) is 2.69. The summed E-state index contributed by atoms with van der Waals surface area (Å²) in [5.74, 6) is -0.157. The van der Waals surface area contributed by atoms with E-state index >= 15 is 0 Å². The summed E-state index contributed by atoms with van der Waals surface area (Å²) in [5, 5.41) is 0. The molecule has 0 amide bonds. The van der Waals surface area contributed by atoms with E-state index in [4.69, 9.17) is 22.7 Å². The summed E-state index contributed by atoms with van der Waals surface area (Å²) in [4.78, 5) is 14.3. The predicted molar refractivity (Wildman–Crippen MR) is 84.0 cm³/mol. The third kappa shape index (κ3) is 3.10. The number of aryl methyl sites for hydroxylation is 1. The summed E-state index contributed by atoms with van der Waals surface area (Å²) in [6, 6.07) is 6.05. The summed E-state index contributed by atoms with van der Waals surface area (Å²) in [6.45, 7) is 3.66. The molecule has 1 unspecified atom stereocenters. The molecule has 0 spiro atoms. The molecule has 108 valence electrons. The highest BCUT2D eigenvalue weighted by atomic mass is 32.1. The topological polar surface area (TPSA) is 55.6 Å². The Balaban J connectivity index is 2.17. The highest BCUT2D eigenvalue weighted by Crippen LogP contribution is 2.25. The molecule has 1 aliphatic rings. The van der Waals surface area contributed by atoms with Gasteiger partial charge in [-0.15, -0.1) is 0 Å². The second-order valence-electron chi connectivity index (χ2n) is 5.17. The lowest BCUT2D eigenvalue weighted by atomic mass is 9.97. The van der Waals surface area contributed by atoms with Crippen molar-refractivity contribution in [1.82, 2.24) is 0 Å². The van der Waals surface area contributed by atoms with Crippen LogP contribution in [0, 0.1) is 12.8 Å². The van der Waals surface area contributed by atoms with Gasteiger partial charge in [0.05, 0.1) is 13.0 Å². The van der Waals surface area contributed by atoms with E-state index in [0.717, 1.165) is 36.2 Å². The first-order valence-corrected chi connectivity index (χ1v) is 7.17. The zero-order chi connectivity index (χ0) is 14.7. The number of thiocarbonyl (C=S) groups is 1. The molecule has 5 heteroatoms. The Bertz CT molecular complexity index is 531. The molecule has 0 radical (unpaired) electrons. The molecule has 20 heavy (non-hydrogen) atoms. The molecule has 1 fully saturated rings. The molecule has 0 aromatic heterocycles. The molecule has 0 saturated carbocycles. The Morgan fingerprint density at radius 2 is 2.25 bits per heavy atom. The van der Waals surface area contributed by atoms with E-state index in [0.29, 0.717) is 11.5 Å². The Labute approximate surface area is 124 Å². The third-order valence-corrected chi connectivity index (χ3v) is 4.02. The molecular weight excluding hydrogens is 272 g/mol. The lowest BCUT2D eigenvalue weighted by molar-refractivity contribution is -0.145. The van der Waals surface area contributed by atoms with Crippen molar-refractivity contribution in [3.05, 3.63) is 29.3 Å². The summed E-state index contributed by atoms with van der Waals surface area (Å²) in [7, 11) is 1.45. The van der Waals surface area contributed by atoms with E-state index < -0.39 is 0 Å². The van der Waals surface area contributed by atoms with Crippen molar-refractivity contribution in [3.8, 4) is 0 Å². The Kier molecular flexibility index (Phi) is 4.60. The van der Waals surface area contributed by atoms with Crippen LogP contribution in [0.25, 0.3) is 0 Å². The van der Waals surface area contributed by atoms with E-state index in [2.05, 4.69) is 11.0 Å². The summed E-state index contributed by atoms with van der Waals surface area (Å²) in [5.41, 5.74) is 8.76. The van der Waals surface area contributed by atoms with Crippen LogP contribution in [0.3, 0.4) is 0 Å². The third-order valence-electron chi connectivity index (χ3n) is 3.80. The Morgan fingerprint density at radius 3 is 2.85 bits per heavy atom. The molecule has 1 aromatic rings. The van der Waals surface area contributed by atoms with E-state index in [-0.39, 0.29) is 11.9 Å². The maximum atomic E-state index is 11.7. The van der Waals surface area contributed by atoms with E-state index in [1.165, 1.54) is 7.11 Å². The van der Waals surface area contributed by atoms with Crippen LogP contribution in [-0.2, 0) is 9.53 Å². The van der Waals surface area contributed by atoms with Crippen LogP contribution < -0.4 is 10.6 Å². The number of anilines is 1. The number of hydrogen-bond donors (Lipinski definition) is 1. The highest BCUT2D eigenvalue weighted by Gasteiger charge is 2.26. The van der Waals surface area contributed by atoms with E-state index in [1.807, 2.05) is 19.1 Å². The number of rotatable bonds is 3. The van der Waals surface area contributed by atoms with Crippen molar-refractivity contribution in [2.24, 2.45) is 11.7 Å². The van der Waals surface area contributed by atoms with Gasteiger partial charge in [-0.2, -0.15) is 0 Å². The van der Waals surface area contributed by atoms with E-state index in [9.17, 15) is 4.79 Å². The largest absolute Gasteiger partial charge is 0.469 e. The van der Waals surface area contributed by atoms with Gasteiger partial charge in [0.15, 0.2) is 0 Å². The number of methoxy groups -OCH3 is 1. The number of hydrogen-bond acceptors (Lipinski definition) is 4. The van der Waals surface area contributed by atoms with Crippen LogP contribution in [0.1, 0.15) is 24.0 Å². The zero-order valence-corrected chi connectivity index (χ0v) is 12.7. The first kappa shape index (κ1) is 14.8. The Hall–Kier alpha value is -1.62. The Morgan fingerprint density at radius 1 is 1.50 bits per heavy atom. The number of carbonyl (C=O) groups excluding carboxylic acids is 1. The number of esters is 1. The fraction of sp³-hybridized carbons (Fsp3) is 0.467. The van der Waals surface area contributed by atoms with Gasteiger partial charge in [-0.25, -0.2) is 0 Å². The summed E-state index contributed by atoms with van der Waals surface area (Å²) in [6.07, 6.45) is 1.89. The quantitative estimate of drug-likeness (QED) is 0.682. The lowest BCUT2D eigenvalue weighted by Crippen LogP contribution is -2.39. The van der Waals surface area contributed by atoms with Gasteiger partial charge in [-0.1, -0.05) is 12.2 Å². The summed E-state index contributed by atoms with van der Waals surface area (Å²) >= 11 is 5.02. The normalized spacial score (nSPS) is 18.7. The second-order valence-corrected chi connectivity index (χ2v) is 5.61. The van der Waals surface area contributed by atoms with Crippen LogP contribution >= 0.6 is 12.2 Å². The second kappa shape index (κ2) is 6.22. The molecule has 2 N–H and O–H groups in total. The number of ether oxygens (including phenoxy) is 1. The molecule has 0 aliphatic carbocycles. The number of carbonyl (C=O) groups is 1. The van der Waals surface area contributed by atoms with Crippen molar-refractivity contribution in [3.63, 3.8) is 0 Å². The van der Waals surface area contributed by atoms with Crippen molar-refractivity contribution in [2.45, 2.75) is 19.8 Å². The molecule has 1 aliphatic heterocycles. The molecule has 2 rings (SSSR count).